The highest BCUT2D eigenvalue weighted by Crippen LogP contribution is 2.33. The summed E-state index contributed by atoms with van der Waals surface area (Å²) in [4.78, 5) is 19.1. The molecule has 1 aliphatic rings. The van der Waals surface area contributed by atoms with Crippen LogP contribution in [0.15, 0.2) is 58.4 Å². The third-order valence-electron chi connectivity index (χ3n) is 3.51. The van der Waals surface area contributed by atoms with Gasteiger partial charge in [-0.3, -0.25) is 9.69 Å². The van der Waals surface area contributed by atoms with Crippen molar-refractivity contribution in [1.82, 2.24) is 4.90 Å². The van der Waals surface area contributed by atoms with Crippen LogP contribution < -0.4 is 4.74 Å². The van der Waals surface area contributed by atoms with E-state index in [0.29, 0.717) is 20.8 Å². The SMILES string of the molecule is CN1C(=O)/C(=C\c2cccc(OCC#N)c2)SC1=Nc1ccc(Cl)cc1. The molecule has 0 saturated carbocycles. The van der Waals surface area contributed by atoms with Gasteiger partial charge in [-0.25, -0.2) is 4.99 Å². The van der Waals surface area contributed by atoms with Crippen molar-refractivity contribution in [2.75, 3.05) is 13.7 Å². The molecular formula is C19H14ClN3O2S. The van der Waals surface area contributed by atoms with Crippen LogP contribution in [0.25, 0.3) is 6.08 Å². The first kappa shape index (κ1) is 18.1. The van der Waals surface area contributed by atoms with E-state index in [1.54, 1.807) is 49.5 Å². The van der Waals surface area contributed by atoms with Crippen LogP contribution in [0.1, 0.15) is 5.56 Å². The number of halogens is 1. The zero-order chi connectivity index (χ0) is 18.5. The second-order valence-corrected chi connectivity index (χ2v) is 6.81. The topological polar surface area (TPSA) is 65.7 Å². The molecule has 3 rings (SSSR count). The second kappa shape index (κ2) is 8.09. The van der Waals surface area contributed by atoms with E-state index >= 15 is 0 Å². The molecule has 1 heterocycles. The minimum absolute atomic E-state index is 0.0195. The fourth-order valence-electron chi connectivity index (χ4n) is 2.24. The van der Waals surface area contributed by atoms with Gasteiger partial charge in [-0.05, 0) is 59.8 Å². The van der Waals surface area contributed by atoms with Crippen LogP contribution in [0.4, 0.5) is 5.69 Å². The summed E-state index contributed by atoms with van der Waals surface area (Å²) in [7, 11) is 1.69. The van der Waals surface area contributed by atoms with E-state index in [1.165, 1.54) is 16.7 Å². The number of benzene rings is 2. The maximum absolute atomic E-state index is 12.5. The third kappa shape index (κ3) is 4.26. The van der Waals surface area contributed by atoms with Crippen molar-refractivity contribution in [3.8, 4) is 11.8 Å². The number of thioether (sulfide) groups is 1. The van der Waals surface area contributed by atoms with Crippen LogP contribution in [-0.4, -0.2) is 29.6 Å². The highest BCUT2D eigenvalue weighted by molar-refractivity contribution is 8.18. The van der Waals surface area contributed by atoms with Gasteiger partial charge in [-0.15, -0.1) is 0 Å². The van der Waals surface area contributed by atoms with Crippen molar-refractivity contribution in [3.63, 3.8) is 0 Å². The predicted molar refractivity (Wildman–Crippen MR) is 104 cm³/mol. The van der Waals surface area contributed by atoms with Crippen LogP contribution in [0, 0.1) is 11.3 Å². The number of likely N-dealkylation sites (N-methyl/N-ethyl adjacent to an activating group) is 1. The molecule has 2 aromatic rings. The summed E-state index contributed by atoms with van der Waals surface area (Å²) in [6.07, 6.45) is 1.78. The fraction of sp³-hybridized carbons (Fsp3) is 0.105. The quantitative estimate of drug-likeness (QED) is 0.730. The summed E-state index contributed by atoms with van der Waals surface area (Å²) in [6.45, 7) is -0.0195. The van der Waals surface area contributed by atoms with Gasteiger partial charge in [0.15, 0.2) is 11.8 Å². The second-order valence-electron chi connectivity index (χ2n) is 5.36. The third-order valence-corrected chi connectivity index (χ3v) is 4.83. The normalized spacial score (nSPS) is 17.0. The van der Waals surface area contributed by atoms with Crippen LogP contribution in [-0.2, 0) is 4.79 Å². The number of amides is 1. The molecule has 0 spiro atoms. The first-order valence-electron chi connectivity index (χ1n) is 7.68. The van der Waals surface area contributed by atoms with Gasteiger partial charge in [0.25, 0.3) is 5.91 Å². The molecule has 0 unspecified atom stereocenters. The predicted octanol–water partition coefficient (Wildman–Crippen LogP) is 4.48. The molecule has 130 valence electrons. The Kier molecular flexibility index (Phi) is 5.61. The Labute approximate surface area is 160 Å². The molecule has 2 aromatic carbocycles. The van der Waals surface area contributed by atoms with E-state index in [0.717, 1.165) is 11.3 Å². The van der Waals surface area contributed by atoms with Crippen molar-refractivity contribution in [1.29, 1.82) is 5.26 Å². The summed E-state index contributed by atoms with van der Waals surface area (Å²) in [6, 6.07) is 16.3. The zero-order valence-corrected chi connectivity index (χ0v) is 15.4. The van der Waals surface area contributed by atoms with E-state index in [9.17, 15) is 4.79 Å². The first-order valence-corrected chi connectivity index (χ1v) is 8.88. The van der Waals surface area contributed by atoms with Crippen LogP contribution in [0.5, 0.6) is 5.75 Å². The summed E-state index contributed by atoms with van der Waals surface area (Å²) in [5, 5.41) is 9.83. The molecule has 1 saturated heterocycles. The number of carbonyl (C=O) groups excluding carboxylic acids is 1. The number of rotatable bonds is 4. The van der Waals surface area contributed by atoms with Crippen molar-refractivity contribution in [2.45, 2.75) is 0 Å². The Bertz CT molecular complexity index is 933. The Balaban J connectivity index is 1.83. The molecule has 0 radical (unpaired) electrons. The van der Waals surface area contributed by atoms with Crippen molar-refractivity contribution >= 4 is 46.2 Å². The van der Waals surface area contributed by atoms with Crippen molar-refractivity contribution < 1.29 is 9.53 Å². The number of hydrogen-bond donors (Lipinski definition) is 0. The summed E-state index contributed by atoms with van der Waals surface area (Å²) >= 11 is 7.19. The van der Waals surface area contributed by atoms with Crippen molar-refractivity contribution in [2.24, 2.45) is 4.99 Å². The minimum atomic E-state index is -0.119. The number of aliphatic imine (C=N–C) groups is 1. The molecule has 26 heavy (non-hydrogen) atoms. The zero-order valence-electron chi connectivity index (χ0n) is 13.8. The van der Waals surface area contributed by atoms with Crippen LogP contribution >= 0.6 is 23.4 Å². The van der Waals surface area contributed by atoms with Gasteiger partial charge >= 0.3 is 0 Å². The highest BCUT2D eigenvalue weighted by atomic mass is 35.5. The monoisotopic (exact) mass is 383 g/mol. The smallest absolute Gasteiger partial charge is 0.266 e. The van der Waals surface area contributed by atoms with Gasteiger partial charge in [0.05, 0.1) is 10.6 Å². The maximum atomic E-state index is 12.5. The lowest BCUT2D eigenvalue weighted by molar-refractivity contribution is -0.121. The molecule has 1 fully saturated rings. The Morgan fingerprint density at radius 3 is 2.81 bits per heavy atom. The van der Waals surface area contributed by atoms with E-state index < -0.39 is 0 Å². The number of ether oxygens (including phenoxy) is 1. The van der Waals surface area contributed by atoms with Crippen LogP contribution in [0.2, 0.25) is 5.02 Å². The van der Waals surface area contributed by atoms with Gasteiger partial charge in [0.2, 0.25) is 0 Å². The van der Waals surface area contributed by atoms with E-state index in [1.807, 2.05) is 18.2 Å². The van der Waals surface area contributed by atoms with Gasteiger partial charge in [-0.1, -0.05) is 23.7 Å². The molecule has 0 bridgehead atoms. The number of hydrogen-bond acceptors (Lipinski definition) is 5. The lowest BCUT2D eigenvalue weighted by Gasteiger charge is -2.07. The molecule has 0 N–H and O–H groups in total. The lowest BCUT2D eigenvalue weighted by Crippen LogP contribution is -2.23. The van der Waals surface area contributed by atoms with Gasteiger partial charge < -0.3 is 4.74 Å². The van der Waals surface area contributed by atoms with Gasteiger partial charge in [0.1, 0.15) is 11.8 Å². The van der Waals surface area contributed by atoms with Crippen molar-refractivity contribution in [3.05, 3.63) is 64.0 Å². The summed E-state index contributed by atoms with van der Waals surface area (Å²) < 4.78 is 5.29. The van der Waals surface area contributed by atoms with Gasteiger partial charge in [0, 0.05) is 12.1 Å². The Morgan fingerprint density at radius 2 is 2.08 bits per heavy atom. The van der Waals surface area contributed by atoms with E-state index in [-0.39, 0.29) is 12.5 Å². The standard InChI is InChI=1S/C19H14ClN3O2S/c1-23-18(24)17(12-13-3-2-4-16(11-13)25-10-9-21)26-19(23)22-15-7-5-14(20)6-8-15/h2-8,11-12H,10H2,1H3/b17-12+,22-19?. The highest BCUT2D eigenvalue weighted by Gasteiger charge is 2.30. The fourth-order valence-corrected chi connectivity index (χ4v) is 3.35. The molecule has 1 aliphatic heterocycles. The average molecular weight is 384 g/mol. The maximum Gasteiger partial charge on any atom is 0.266 e. The van der Waals surface area contributed by atoms with Gasteiger partial charge in [-0.2, -0.15) is 5.26 Å². The number of amidine groups is 1. The first-order chi connectivity index (χ1) is 12.6. The number of nitrogens with zero attached hydrogens (tertiary/aromatic N) is 3. The largest absolute Gasteiger partial charge is 0.479 e. The number of nitriles is 1. The molecular weight excluding hydrogens is 370 g/mol. The molecule has 0 aliphatic carbocycles. The molecule has 7 heteroatoms. The summed E-state index contributed by atoms with van der Waals surface area (Å²) in [5.74, 6) is 0.464. The molecule has 1 amide bonds. The minimum Gasteiger partial charge on any atom is -0.479 e. The average Bonchev–Trinajstić information content (AvgIpc) is 2.90. The lowest BCUT2D eigenvalue weighted by atomic mass is 10.2. The Hall–Kier alpha value is -2.75. The van der Waals surface area contributed by atoms with E-state index in [4.69, 9.17) is 21.6 Å². The summed E-state index contributed by atoms with van der Waals surface area (Å²) in [5.41, 5.74) is 1.54. The molecule has 0 atom stereocenters. The Morgan fingerprint density at radius 1 is 1.31 bits per heavy atom. The molecule has 0 aromatic heterocycles. The number of carbonyl (C=O) groups is 1. The van der Waals surface area contributed by atoms with E-state index in [2.05, 4.69) is 4.99 Å². The molecule has 5 nitrogen and oxygen atoms in total. The van der Waals surface area contributed by atoms with Crippen LogP contribution in [0.3, 0.4) is 0 Å².